The van der Waals surface area contributed by atoms with E-state index in [1.165, 1.54) is 0 Å². The van der Waals surface area contributed by atoms with Gasteiger partial charge >= 0.3 is 0 Å². The highest BCUT2D eigenvalue weighted by Crippen LogP contribution is 2.59. The quantitative estimate of drug-likeness (QED) is 0.513. The van der Waals surface area contributed by atoms with Crippen molar-refractivity contribution in [2.75, 3.05) is 11.9 Å². The van der Waals surface area contributed by atoms with E-state index in [9.17, 15) is 14.7 Å². The summed E-state index contributed by atoms with van der Waals surface area (Å²) < 4.78 is 8.38. The zero-order valence-corrected chi connectivity index (χ0v) is 21.5. The number of nitrogens with zero attached hydrogens (tertiary/aromatic N) is 4. The van der Waals surface area contributed by atoms with E-state index in [4.69, 9.17) is 4.74 Å². The number of hydrogen-bond acceptors (Lipinski definition) is 6. The Balaban J connectivity index is 1.40. The predicted molar refractivity (Wildman–Crippen MR) is 134 cm³/mol. The van der Waals surface area contributed by atoms with Crippen LogP contribution in [-0.2, 0) is 21.7 Å². The van der Waals surface area contributed by atoms with E-state index in [0.717, 1.165) is 16.8 Å². The highest BCUT2D eigenvalue weighted by atomic mass is 28.4. The second-order valence-electron chi connectivity index (χ2n) is 10.2. The number of ether oxygens (including phenoxy) is 1. The standard InChI is InChI=1S/C26H32N4O4Si/c1-17-24(35(3,4)33)22(34-26(17)19-12-8-9-13-21(19)29(2)25(26)32)14-15-30-16-20(27-28-30)23(31)18-10-6-5-7-11-18/h5-13,16-17,22-24,31,33H,14-15H2,1-4H3/t17-,22+,23+,24-,26+/m0/s1. The minimum absolute atomic E-state index is 0.0778. The van der Waals surface area contributed by atoms with Gasteiger partial charge in [-0.2, -0.15) is 0 Å². The number of aliphatic hydroxyl groups excluding tert-OH is 1. The van der Waals surface area contributed by atoms with Gasteiger partial charge in [0.05, 0.1) is 18.0 Å². The van der Waals surface area contributed by atoms with Crippen molar-refractivity contribution in [1.82, 2.24) is 15.0 Å². The third kappa shape index (κ3) is 3.83. The maximum Gasteiger partial charge on any atom is 0.264 e. The average molecular weight is 493 g/mol. The molecule has 0 saturated carbocycles. The largest absolute Gasteiger partial charge is 0.432 e. The molecule has 1 fully saturated rings. The van der Waals surface area contributed by atoms with E-state index in [2.05, 4.69) is 10.3 Å². The first-order chi connectivity index (χ1) is 16.6. The van der Waals surface area contributed by atoms with Crippen molar-refractivity contribution in [1.29, 1.82) is 0 Å². The van der Waals surface area contributed by atoms with Gasteiger partial charge in [0.15, 0.2) is 13.9 Å². The Labute approximate surface area is 206 Å². The maximum absolute atomic E-state index is 13.6. The van der Waals surface area contributed by atoms with Crippen molar-refractivity contribution in [3.63, 3.8) is 0 Å². The van der Waals surface area contributed by atoms with Crippen LogP contribution in [0.2, 0.25) is 18.6 Å². The number of aliphatic hydroxyl groups is 1. The number of amides is 1. The van der Waals surface area contributed by atoms with Crippen LogP contribution in [0, 0.1) is 5.92 Å². The summed E-state index contributed by atoms with van der Waals surface area (Å²) in [5.41, 5.74) is 1.74. The lowest BCUT2D eigenvalue weighted by atomic mass is 9.82. The lowest BCUT2D eigenvalue weighted by molar-refractivity contribution is -0.145. The van der Waals surface area contributed by atoms with Gasteiger partial charge < -0.3 is 19.5 Å². The zero-order valence-electron chi connectivity index (χ0n) is 20.5. The van der Waals surface area contributed by atoms with Gasteiger partial charge in [-0.15, -0.1) is 5.10 Å². The lowest BCUT2D eigenvalue weighted by Crippen LogP contribution is -2.45. The fourth-order valence-corrected chi connectivity index (χ4v) is 8.62. The molecule has 5 rings (SSSR count). The number of para-hydroxylation sites is 1. The molecule has 8 nitrogen and oxygen atoms in total. The number of carbonyl (C=O) groups excluding carboxylic acids is 1. The molecule has 2 aliphatic rings. The molecule has 3 heterocycles. The van der Waals surface area contributed by atoms with Crippen LogP contribution in [0.5, 0.6) is 0 Å². The molecule has 3 aromatic rings. The lowest BCUT2D eigenvalue weighted by Gasteiger charge is -2.32. The van der Waals surface area contributed by atoms with Crippen molar-refractivity contribution in [3.05, 3.63) is 77.6 Å². The monoisotopic (exact) mass is 492 g/mol. The molecular weight excluding hydrogens is 460 g/mol. The summed E-state index contributed by atoms with van der Waals surface area (Å²) in [7, 11) is -0.910. The van der Waals surface area contributed by atoms with Gasteiger partial charge in [-0.05, 0) is 31.1 Å². The van der Waals surface area contributed by atoms with Crippen LogP contribution >= 0.6 is 0 Å². The molecular formula is C26H32N4O4Si. The zero-order chi connectivity index (χ0) is 25.0. The summed E-state index contributed by atoms with van der Waals surface area (Å²) in [5, 5.41) is 19.0. The number of rotatable bonds is 6. The van der Waals surface area contributed by atoms with Crippen molar-refractivity contribution in [2.24, 2.45) is 5.92 Å². The number of anilines is 1. The normalized spacial score (nSPS) is 27.0. The van der Waals surface area contributed by atoms with E-state index < -0.39 is 20.0 Å². The fourth-order valence-electron chi connectivity index (χ4n) is 6.02. The third-order valence-corrected chi connectivity index (χ3v) is 10.1. The molecule has 1 aromatic heterocycles. The Bertz CT molecular complexity index is 1230. The van der Waals surface area contributed by atoms with Crippen LogP contribution < -0.4 is 4.90 Å². The van der Waals surface area contributed by atoms with Crippen molar-refractivity contribution in [3.8, 4) is 0 Å². The number of likely N-dealkylation sites (N-methyl/N-ethyl adjacent to an activating group) is 1. The van der Waals surface area contributed by atoms with Crippen molar-refractivity contribution >= 4 is 19.9 Å². The molecule has 0 aliphatic carbocycles. The Kier molecular flexibility index (Phi) is 5.91. The molecule has 1 spiro atoms. The van der Waals surface area contributed by atoms with Crippen LogP contribution in [0.25, 0.3) is 0 Å². The number of carbonyl (C=O) groups is 1. The Morgan fingerprint density at radius 1 is 1.14 bits per heavy atom. The number of aromatic nitrogens is 3. The highest BCUT2D eigenvalue weighted by Gasteiger charge is 2.65. The molecule has 35 heavy (non-hydrogen) atoms. The number of benzene rings is 2. The second-order valence-corrected chi connectivity index (χ2v) is 14.2. The summed E-state index contributed by atoms with van der Waals surface area (Å²) in [6, 6.07) is 17.1. The molecule has 9 heteroatoms. The summed E-state index contributed by atoms with van der Waals surface area (Å²) in [5.74, 6) is -0.255. The molecule has 0 radical (unpaired) electrons. The fraction of sp³-hybridized carbons (Fsp3) is 0.423. The van der Waals surface area contributed by atoms with Gasteiger partial charge in [0, 0.05) is 30.6 Å². The number of fused-ring (bicyclic) bond motifs is 2. The second kappa shape index (κ2) is 8.67. The topological polar surface area (TPSA) is 101 Å². The molecule has 5 atom stereocenters. The van der Waals surface area contributed by atoms with E-state index in [0.29, 0.717) is 18.7 Å². The van der Waals surface area contributed by atoms with Crippen LogP contribution in [0.3, 0.4) is 0 Å². The van der Waals surface area contributed by atoms with E-state index in [-0.39, 0.29) is 23.5 Å². The average Bonchev–Trinajstić information content (AvgIpc) is 3.49. The molecule has 1 amide bonds. The SMILES string of the molecule is C[C@H]1[C@H]([Si](C)(C)O)[C@@H](CCn2cc([C@H](O)c3ccccc3)nn2)O[C@]12C(=O)N(C)c1ccccc12. The van der Waals surface area contributed by atoms with Gasteiger partial charge in [-0.25, -0.2) is 0 Å². The summed E-state index contributed by atoms with van der Waals surface area (Å²) in [6.45, 7) is 6.37. The molecule has 0 bridgehead atoms. The Morgan fingerprint density at radius 2 is 1.83 bits per heavy atom. The Hall–Kier alpha value is -2.85. The molecule has 2 aliphatic heterocycles. The molecule has 2 N–H and O–H groups in total. The maximum atomic E-state index is 13.6. The highest BCUT2D eigenvalue weighted by molar-refractivity contribution is 6.71. The third-order valence-electron chi connectivity index (χ3n) is 7.62. The number of hydrogen-bond donors (Lipinski definition) is 2. The summed E-state index contributed by atoms with van der Waals surface area (Å²) in [4.78, 5) is 26.5. The summed E-state index contributed by atoms with van der Waals surface area (Å²) in [6.07, 6.45) is 1.14. The molecule has 0 unspecified atom stereocenters. The van der Waals surface area contributed by atoms with Crippen LogP contribution in [-0.4, -0.2) is 52.3 Å². The minimum atomic E-state index is -2.69. The van der Waals surface area contributed by atoms with Crippen LogP contribution in [0.4, 0.5) is 5.69 Å². The molecule has 1 saturated heterocycles. The minimum Gasteiger partial charge on any atom is -0.432 e. The number of aryl methyl sites for hydroxylation is 1. The van der Waals surface area contributed by atoms with Crippen LogP contribution in [0.1, 0.15) is 36.3 Å². The first-order valence-corrected chi connectivity index (χ1v) is 15.1. The van der Waals surface area contributed by atoms with Gasteiger partial charge in [-0.3, -0.25) is 9.48 Å². The van der Waals surface area contributed by atoms with Gasteiger partial charge in [-0.1, -0.05) is 60.7 Å². The predicted octanol–water partition coefficient (Wildman–Crippen LogP) is 3.22. The van der Waals surface area contributed by atoms with E-state index in [1.54, 1.807) is 22.8 Å². The smallest absolute Gasteiger partial charge is 0.264 e. The van der Waals surface area contributed by atoms with Gasteiger partial charge in [0.25, 0.3) is 5.91 Å². The first kappa shape index (κ1) is 23.9. The Morgan fingerprint density at radius 3 is 2.54 bits per heavy atom. The summed E-state index contributed by atoms with van der Waals surface area (Å²) >= 11 is 0. The van der Waals surface area contributed by atoms with E-state index in [1.807, 2.05) is 74.6 Å². The first-order valence-electron chi connectivity index (χ1n) is 12.1. The molecule has 184 valence electrons. The molecule has 2 aromatic carbocycles. The van der Waals surface area contributed by atoms with Gasteiger partial charge in [0.2, 0.25) is 0 Å². The van der Waals surface area contributed by atoms with E-state index >= 15 is 0 Å². The van der Waals surface area contributed by atoms with Crippen LogP contribution in [0.15, 0.2) is 60.8 Å². The van der Waals surface area contributed by atoms with Gasteiger partial charge in [0.1, 0.15) is 11.8 Å². The van der Waals surface area contributed by atoms with Crippen molar-refractivity contribution in [2.45, 2.75) is 56.3 Å². The van der Waals surface area contributed by atoms with Crippen molar-refractivity contribution < 1.29 is 19.4 Å².